The maximum atomic E-state index is 12.4. The average Bonchev–Trinajstić information content (AvgIpc) is 2.89. The molecule has 0 saturated heterocycles. The van der Waals surface area contributed by atoms with Crippen LogP contribution in [0.4, 0.5) is 0 Å². The van der Waals surface area contributed by atoms with E-state index in [1.807, 2.05) is 21.1 Å². The summed E-state index contributed by atoms with van der Waals surface area (Å²) in [7, 11) is 5.68. The fraction of sp³-hybridized carbons (Fsp3) is 0.912. The van der Waals surface area contributed by atoms with Gasteiger partial charge in [0.15, 0.2) is 6.54 Å². The quantitative estimate of drug-likeness (QED) is 0.0653. The molecule has 0 radical (unpaired) electrons. The SMILES string of the molecule is CCCCCCCCCCCCN(CCCCCCCCCCCC)[C@H](CCC(=O)NC(=O)C[N+](C)(C)C)C(=O)O.Cl. The van der Waals surface area contributed by atoms with Gasteiger partial charge in [-0.25, -0.2) is 0 Å². The van der Waals surface area contributed by atoms with Crippen molar-refractivity contribution < 1.29 is 24.0 Å². The van der Waals surface area contributed by atoms with Gasteiger partial charge in [0, 0.05) is 6.42 Å². The fourth-order valence-electron chi connectivity index (χ4n) is 5.45. The van der Waals surface area contributed by atoms with Gasteiger partial charge in [0.05, 0.1) is 21.1 Å². The van der Waals surface area contributed by atoms with Crippen molar-refractivity contribution in [3.8, 4) is 0 Å². The van der Waals surface area contributed by atoms with Gasteiger partial charge in [0.1, 0.15) is 6.04 Å². The Balaban J connectivity index is 0. The maximum absolute atomic E-state index is 12.4. The second kappa shape index (κ2) is 28.6. The zero-order chi connectivity index (χ0) is 30.8. The van der Waals surface area contributed by atoms with E-state index in [1.54, 1.807) is 0 Å². The number of carboxylic acids is 1. The number of nitrogens with zero attached hydrogens (tertiary/aromatic N) is 2. The second-order valence-electron chi connectivity index (χ2n) is 13.2. The smallest absolute Gasteiger partial charge is 0.320 e. The van der Waals surface area contributed by atoms with Crippen molar-refractivity contribution in [3.05, 3.63) is 0 Å². The van der Waals surface area contributed by atoms with Crippen LogP contribution in [0, 0.1) is 0 Å². The van der Waals surface area contributed by atoms with Crippen LogP contribution < -0.4 is 5.32 Å². The van der Waals surface area contributed by atoms with Gasteiger partial charge in [0.25, 0.3) is 5.91 Å². The molecule has 2 N–H and O–H groups in total. The topological polar surface area (TPSA) is 86.7 Å². The molecule has 0 aromatic heterocycles. The molecule has 0 aromatic carbocycles. The first-order valence-corrected chi connectivity index (χ1v) is 17.2. The molecule has 7 nitrogen and oxygen atoms in total. The fourth-order valence-corrected chi connectivity index (χ4v) is 5.45. The molecule has 0 bridgehead atoms. The second-order valence-corrected chi connectivity index (χ2v) is 13.2. The highest BCUT2D eigenvalue weighted by Gasteiger charge is 2.26. The number of amides is 2. The summed E-state index contributed by atoms with van der Waals surface area (Å²) < 4.78 is 0.433. The Hall–Kier alpha value is -1.18. The minimum absolute atomic E-state index is 0. The Kier molecular flexibility index (Phi) is 29.2. The third kappa shape index (κ3) is 27.6. The molecule has 2 amide bonds. The van der Waals surface area contributed by atoms with E-state index in [0.717, 1.165) is 38.8 Å². The first-order valence-electron chi connectivity index (χ1n) is 17.2. The van der Waals surface area contributed by atoms with Crippen LogP contribution in [0.5, 0.6) is 0 Å². The lowest BCUT2D eigenvalue weighted by Gasteiger charge is -2.29. The lowest BCUT2D eigenvalue weighted by Crippen LogP contribution is -2.46. The van der Waals surface area contributed by atoms with Gasteiger partial charge < -0.3 is 9.59 Å². The summed E-state index contributed by atoms with van der Waals surface area (Å²) in [6, 6.07) is -0.689. The van der Waals surface area contributed by atoms with Crippen LogP contribution in [-0.4, -0.2) is 79.1 Å². The molecule has 0 rings (SSSR count). The van der Waals surface area contributed by atoms with E-state index in [9.17, 15) is 19.5 Å². The van der Waals surface area contributed by atoms with E-state index in [-0.39, 0.29) is 43.6 Å². The maximum Gasteiger partial charge on any atom is 0.320 e. The molecular weight excluding hydrogens is 550 g/mol. The summed E-state index contributed by atoms with van der Waals surface area (Å²) in [5.41, 5.74) is 0. The molecule has 8 heteroatoms. The van der Waals surface area contributed by atoms with Crippen molar-refractivity contribution in [3.63, 3.8) is 0 Å². The van der Waals surface area contributed by atoms with Crippen molar-refractivity contribution in [2.75, 3.05) is 40.8 Å². The number of carbonyl (C=O) groups is 3. The van der Waals surface area contributed by atoms with Crippen molar-refractivity contribution in [1.82, 2.24) is 10.2 Å². The molecule has 0 fully saturated rings. The van der Waals surface area contributed by atoms with Crippen LogP contribution in [0.25, 0.3) is 0 Å². The van der Waals surface area contributed by atoms with E-state index in [4.69, 9.17) is 0 Å². The van der Waals surface area contributed by atoms with Crippen LogP contribution >= 0.6 is 12.4 Å². The van der Waals surface area contributed by atoms with Gasteiger partial charge in [-0.2, -0.15) is 0 Å². The van der Waals surface area contributed by atoms with Crippen molar-refractivity contribution >= 4 is 30.2 Å². The molecule has 0 aromatic rings. The van der Waals surface area contributed by atoms with E-state index in [0.29, 0.717) is 4.48 Å². The minimum Gasteiger partial charge on any atom is -0.480 e. The zero-order valence-corrected chi connectivity index (χ0v) is 29.0. The summed E-state index contributed by atoms with van der Waals surface area (Å²) in [5.74, 6) is -1.57. The monoisotopic (exact) mass is 618 g/mol. The largest absolute Gasteiger partial charge is 0.480 e. The number of unbranched alkanes of at least 4 members (excludes halogenated alkanes) is 18. The van der Waals surface area contributed by atoms with Crippen LogP contribution in [0.2, 0.25) is 0 Å². The van der Waals surface area contributed by atoms with Gasteiger partial charge in [-0.05, 0) is 32.4 Å². The van der Waals surface area contributed by atoms with E-state index < -0.39 is 12.0 Å². The predicted molar refractivity (Wildman–Crippen MR) is 179 cm³/mol. The Morgan fingerprint density at radius 3 is 1.31 bits per heavy atom. The number of imide groups is 1. The number of likely N-dealkylation sites (N-methyl/N-ethyl adjacent to an activating group) is 1. The molecule has 0 saturated carbocycles. The zero-order valence-electron chi connectivity index (χ0n) is 28.2. The summed E-state index contributed by atoms with van der Waals surface area (Å²) in [5, 5.41) is 12.5. The van der Waals surface area contributed by atoms with E-state index in [2.05, 4.69) is 24.1 Å². The van der Waals surface area contributed by atoms with E-state index >= 15 is 0 Å². The number of quaternary nitrogens is 1. The van der Waals surface area contributed by atoms with Crippen LogP contribution in [0.15, 0.2) is 0 Å². The lowest BCUT2D eigenvalue weighted by atomic mass is 10.0. The van der Waals surface area contributed by atoms with Gasteiger partial charge in [-0.15, -0.1) is 12.4 Å². The number of carboxylic acid groups (broad SMARTS) is 1. The molecule has 0 aliphatic rings. The van der Waals surface area contributed by atoms with Gasteiger partial charge >= 0.3 is 5.97 Å². The summed E-state index contributed by atoms with van der Waals surface area (Å²) >= 11 is 0. The van der Waals surface area contributed by atoms with Gasteiger partial charge in [-0.3, -0.25) is 24.6 Å². The number of rotatable bonds is 29. The molecule has 0 aliphatic carbocycles. The number of hydrogen-bond acceptors (Lipinski definition) is 4. The molecular formula is C34H69ClN3O4+. The van der Waals surface area contributed by atoms with Gasteiger partial charge in [0.2, 0.25) is 5.91 Å². The number of nitrogens with one attached hydrogen (secondary N) is 1. The Morgan fingerprint density at radius 1 is 0.619 bits per heavy atom. The Labute approximate surface area is 265 Å². The standard InChI is InChI=1S/C34H67N3O4.ClH/c1-6-8-10-12-14-16-18-20-22-24-28-36(29-25-23-21-19-17-15-13-11-9-7-2)31(34(40)41)26-27-32(38)35-33(39)30-37(3,4)5;/h31H,6-30H2,1-5H3,(H-,35,38,39,40,41);1H/p+1/t31-;/m1./s1. The molecule has 42 heavy (non-hydrogen) atoms. The van der Waals surface area contributed by atoms with Crippen LogP contribution in [0.3, 0.4) is 0 Å². The Morgan fingerprint density at radius 2 is 0.976 bits per heavy atom. The number of halogens is 1. The summed E-state index contributed by atoms with van der Waals surface area (Å²) in [4.78, 5) is 38.9. The normalized spacial score (nSPS) is 12.2. The highest BCUT2D eigenvalue weighted by atomic mass is 35.5. The molecule has 0 aliphatic heterocycles. The van der Waals surface area contributed by atoms with Crippen molar-refractivity contribution in [2.45, 2.75) is 161 Å². The first-order chi connectivity index (χ1) is 19.6. The van der Waals surface area contributed by atoms with Crippen LogP contribution in [-0.2, 0) is 14.4 Å². The molecule has 0 spiro atoms. The van der Waals surface area contributed by atoms with Gasteiger partial charge in [-0.1, -0.05) is 129 Å². The summed E-state index contributed by atoms with van der Waals surface area (Å²) in [6.07, 6.45) is 25.3. The molecule has 250 valence electrons. The minimum atomic E-state index is -0.866. The highest BCUT2D eigenvalue weighted by molar-refractivity contribution is 5.95. The molecule has 0 heterocycles. The highest BCUT2D eigenvalue weighted by Crippen LogP contribution is 2.16. The average molecular weight is 619 g/mol. The molecule has 1 atom stereocenters. The number of hydrogen-bond donors (Lipinski definition) is 2. The Bertz CT molecular complexity index is 646. The third-order valence-electron chi connectivity index (χ3n) is 7.87. The molecule has 0 unspecified atom stereocenters. The lowest BCUT2D eigenvalue weighted by molar-refractivity contribution is -0.862. The predicted octanol–water partition coefficient (Wildman–Crippen LogP) is 8.13. The van der Waals surface area contributed by atoms with Crippen molar-refractivity contribution in [1.29, 1.82) is 0 Å². The first kappa shape index (κ1) is 43.0. The van der Waals surface area contributed by atoms with Crippen LogP contribution in [0.1, 0.15) is 155 Å². The summed E-state index contributed by atoms with van der Waals surface area (Å²) in [6.45, 7) is 6.22. The number of carbonyl (C=O) groups excluding carboxylic acids is 2. The number of aliphatic carboxylic acids is 1. The van der Waals surface area contributed by atoms with Crippen molar-refractivity contribution in [2.24, 2.45) is 0 Å². The van der Waals surface area contributed by atoms with E-state index in [1.165, 1.54) is 103 Å². The third-order valence-corrected chi connectivity index (χ3v) is 7.87.